The maximum Gasteiger partial charge on any atom is 0.0736 e. The van der Waals surface area contributed by atoms with E-state index in [0.717, 1.165) is 47.4 Å². The van der Waals surface area contributed by atoms with E-state index in [2.05, 4.69) is 49.4 Å². The zero-order valence-corrected chi connectivity index (χ0v) is 16.0. The fourth-order valence-corrected chi connectivity index (χ4v) is 4.56. The summed E-state index contributed by atoms with van der Waals surface area (Å²) in [6.45, 7) is 12.9. The molecule has 2 atom stereocenters. The van der Waals surface area contributed by atoms with Gasteiger partial charge in [-0.25, -0.2) is 0 Å². The first kappa shape index (κ1) is 18.0. The topological polar surface area (TPSA) is 59.9 Å². The van der Waals surface area contributed by atoms with E-state index in [1.165, 1.54) is 12.8 Å². The van der Waals surface area contributed by atoms with Crippen LogP contribution in [0.5, 0.6) is 0 Å². The monoisotopic (exact) mass is 340 g/mol. The highest BCUT2D eigenvalue weighted by atomic mass is 15.0. The Bertz CT molecular complexity index is 664. The van der Waals surface area contributed by atoms with E-state index in [9.17, 15) is 0 Å². The van der Waals surface area contributed by atoms with E-state index in [1.54, 1.807) is 0 Å². The van der Waals surface area contributed by atoms with Crippen LogP contribution in [0.3, 0.4) is 0 Å². The Balaban J connectivity index is 1.72. The van der Waals surface area contributed by atoms with Gasteiger partial charge in [-0.15, -0.1) is 0 Å². The van der Waals surface area contributed by atoms with Gasteiger partial charge in [-0.05, 0) is 70.0 Å². The molecule has 2 aliphatic rings. The second-order valence-corrected chi connectivity index (χ2v) is 8.24. The van der Waals surface area contributed by atoms with Crippen LogP contribution < -0.4 is 16.0 Å². The molecule has 1 aromatic carbocycles. The number of anilines is 1. The van der Waals surface area contributed by atoms with E-state index < -0.39 is 5.54 Å². The van der Waals surface area contributed by atoms with E-state index in [0.29, 0.717) is 11.6 Å². The minimum absolute atomic E-state index is 0.452. The summed E-state index contributed by atoms with van der Waals surface area (Å²) in [5.74, 6) is 2.14. The van der Waals surface area contributed by atoms with Gasteiger partial charge in [0.05, 0.1) is 11.3 Å². The number of nitrogens with one attached hydrogen (secondary N) is 4. The normalized spacial score (nSPS) is 25.5. The van der Waals surface area contributed by atoms with Gasteiger partial charge in [0.2, 0.25) is 0 Å². The van der Waals surface area contributed by atoms with Gasteiger partial charge in [-0.2, -0.15) is 0 Å². The number of hydrogen-bond acceptors (Lipinski definition) is 4. The predicted octanol–water partition coefficient (Wildman–Crippen LogP) is 3.53. The summed E-state index contributed by atoms with van der Waals surface area (Å²) in [5.41, 5.74) is 4.40. The molecule has 1 heterocycles. The van der Waals surface area contributed by atoms with Crippen LogP contribution in [0.2, 0.25) is 0 Å². The van der Waals surface area contributed by atoms with Crippen molar-refractivity contribution in [3.63, 3.8) is 0 Å². The molecule has 2 unspecified atom stereocenters. The quantitative estimate of drug-likeness (QED) is 0.599. The Morgan fingerprint density at radius 2 is 1.88 bits per heavy atom. The first-order valence-corrected chi connectivity index (χ1v) is 9.38. The average molecular weight is 341 g/mol. The van der Waals surface area contributed by atoms with Crippen LogP contribution >= 0.6 is 0 Å². The van der Waals surface area contributed by atoms with Crippen molar-refractivity contribution in [1.29, 1.82) is 5.41 Å². The van der Waals surface area contributed by atoms with Gasteiger partial charge in [0.15, 0.2) is 0 Å². The standard InChI is InChI=1S/C21H32N4/c1-13-7-6-8-18(19(13)23-5)20(22)21(3,4)25-14(2)15-9-16-11-24-12-17(16)10-15/h6-8,15-17,22-25H,2,9-12H2,1,3-5H3. The predicted molar refractivity (Wildman–Crippen MR) is 106 cm³/mol. The maximum atomic E-state index is 8.81. The van der Waals surface area contributed by atoms with Crippen molar-refractivity contribution in [2.24, 2.45) is 17.8 Å². The molecule has 25 heavy (non-hydrogen) atoms. The summed E-state index contributed by atoms with van der Waals surface area (Å²) in [7, 11) is 1.92. The van der Waals surface area contributed by atoms with Crippen LogP contribution in [-0.4, -0.2) is 31.4 Å². The van der Waals surface area contributed by atoms with Crippen LogP contribution in [0.15, 0.2) is 30.5 Å². The highest BCUT2D eigenvalue weighted by Gasteiger charge is 2.39. The molecule has 0 radical (unpaired) electrons. The van der Waals surface area contributed by atoms with Gasteiger partial charge in [0.25, 0.3) is 0 Å². The third-order valence-corrected chi connectivity index (χ3v) is 6.04. The Kier molecular flexibility index (Phi) is 4.92. The van der Waals surface area contributed by atoms with Crippen molar-refractivity contribution in [2.45, 2.75) is 39.2 Å². The molecule has 1 saturated heterocycles. The van der Waals surface area contributed by atoms with Crippen molar-refractivity contribution >= 4 is 11.4 Å². The molecule has 136 valence electrons. The van der Waals surface area contributed by atoms with E-state index in [4.69, 9.17) is 5.41 Å². The summed E-state index contributed by atoms with van der Waals surface area (Å²) < 4.78 is 0. The van der Waals surface area contributed by atoms with Crippen LogP contribution in [0, 0.1) is 30.1 Å². The summed E-state index contributed by atoms with van der Waals surface area (Å²) in [6.07, 6.45) is 2.44. The SMILES string of the molecule is C=C(NC(C)(C)C(=N)c1cccc(C)c1NC)C1CC2CNCC2C1. The van der Waals surface area contributed by atoms with E-state index in [1.807, 2.05) is 19.2 Å². The number of para-hydroxylation sites is 1. The molecule has 4 nitrogen and oxygen atoms in total. The molecule has 0 spiro atoms. The molecule has 1 aliphatic heterocycles. The number of aryl methyl sites for hydroxylation is 1. The molecule has 3 rings (SSSR count). The average Bonchev–Trinajstić information content (AvgIpc) is 3.15. The highest BCUT2D eigenvalue weighted by molar-refractivity contribution is 6.09. The van der Waals surface area contributed by atoms with E-state index in [-0.39, 0.29) is 0 Å². The van der Waals surface area contributed by atoms with Gasteiger partial charge < -0.3 is 21.4 Å². The Morgan fingerprint density at radius 3 is 2.48 bits per heavy atom. The summed E-state index contributed by atoms with van der Waals surface area (Å²) in [4.78, 5) is 0. The summed E-state index contributed by atoms with van der Waals surface area (Å²) >= 11 is 0. The minimum Gasteiger partial charge on any atom is -0.387 e. The van der Waals surface area contributed by atoms with Crippen molar-refractivity contribution in [3.05, 3.63) is 41.6 Å². The number of benzene rings is 1. The lowest BCUT2D eigenvalue weighted by Gasteiger charge is -2.33. The molecule has 0 bridgehead atoms. The smallest absolute Gasteiger partial charge is 0.0736 e. The lowest BCUT2D eigenvalue weighted by molar-refractivity contribution is 0.470. The second kappa shape index (κ2) is 6.83. The summed E-state index contributed by atoms with van der Waals surface area (Å²) in [6, 6.07) is 6.13. The minimum atomic E-state index is -0.452. The second-order valence-electron chi connectivity index (χ2n) is 8.24. The van der Waals surface area contributed by atoms with Gasteiger partial charge in [0, 0.05) is 24.0 Å². The molecular formula is C21H32N4. The van der Waals surface area contributed by atoms with Crippen molar-refractivity contribution < 1.29 is 0 Å². The molecule has 4 heteroatoms. The van der Waals surface area contributed by atoms with Crippen LogP contribution in [-0.2, 0) is 0 Å². The molecule has 1 saturated carbocycles. The molecule has 0 amide bonds. The van der Waals surface area contributed by atoms with Gasteiger partial charge in [-0.3, -0.25) is 0 Å². The fraction of sp³-hybridized carbons (Fsp3) is 0.571. The van der Waals surface area contributed by atoms with Crippen molar-refractivity contribution in [2.75, 3.05) is 25.5 Å². The van der Waals surface area contributed by atoms with Gasteiger partial charge in [-0.1, -0.05) is 24.8 Å². The molecule has 0 aromatic heterocycles. The lowest BCUT2D eigenvalue weighted by atomic mass is 9.88. The first-order valence-electron chi connectivity index (χ1n) is 9.38. The molecule has 2 fully saturated rings. The lowest BCUT2D eigenvalue weighted by Crippen LogP contribution is -2.47. The van der Waals surface area contributed by atoms with Gasteiger partial charge in [0.1, 0.15) is 0 Å². The van der Waals surface area contributed by atoms with E-state index >= 15 is 0 Å². The van der Waals surface area contributed by atoms with Crippen molar-refractivity contribution in [1.82, 2.24) is 10.6 Å². The number of allylic oxidation sites excluding steroid dienone is 1. The number of fused-ring (bicyclic) bond motifs is 1. The zero-order chi connectivity index (χ0) is 18.2. The van der Waals surface area contributed by atoms with Crippen LogP contribution in [0.1, 0.15) is 37.8 Å². The first-order chi connectivity index (χ1) is 11.8. The molecular weight excluding hydrogens is 308 g/mol. The Morgan fingerprint density at radius 1 is 1.24 bits per heavy atom. The largest absolute Gasteiger partial charge is 0.387 e. The molecule has 4 N–H and O–H groups in total. The Hall–Kier alpha value is -1.81. The van der Waals surface area contributed by atoms with Crippen molar-refractivity contribution in [3.8, 4) is 0 Å². The summed E-state index contributed by atoms with van der Waals surface area (Å²) in [5, 5.41) is 19.2. The molecule has 1 aliphatic carbocycles. The van der Waals surface area contributed by atoms with Crippen LogP contribution in [0.4, 0.5) is 5.69 Å². The highest BCUT2D eigenvalue weighted by Crippen LogP contribution is 2.41. The zero-order valence-electron chi connectivity index (χ0n) is 16.0. The van der Waals surface area contributed by atoms with Crippen LogP contribution in [0.25, 0.3) is 0 Å². The number of hydrogen-bond donors (Lipinski definition) is 4. The van der Waals surface area contributed by atoms with Gasteiger partial charge >= 0.3 is 0 Å². The third kappa shape index (κ3) is 3.45. The molecule has 1 aromatic rings. The number of rotatable bonds is 6. The fourth-order valence-electron chi connectivity index (χ4n) is 4.56. The third-order valence-electron chi connectivity index (χ3n) is 6.04. The maximum absolute atomic E-state index is 8.81. The Labute approximate surface area is 152 Å².